The summed E-state index contributed by atoms with van der Waals surface area (Å²) in [7, 11) is 1.79. The van der Waals surface area contributed by atoms with Crippen molar-refractivity contribution in [3.8, 4) is 0 Å². The largest absolute Gasteiger partial charge is 0.397 e. The Hall–Kier alpha value is -2.71. The van der Waals surface area contributed by atoms with E-state index in [2.05, 4.69) is 20.5 Å². The second kappa shape index (κ2) is 8.34. The fourth-order valence-electron chi connectivity index (χ4n) is 3.64. The standard InChI is InChI=1S/C21H24FN5OS/c1-24-17-12-27(11-16(17)22)14-6-4-13(5-7-14)8-10-25-20(28)19-18(23)15-3-2-9-26-21(15)29-19/h2-7,9,16-17,24H,8,10-12,23H2,1H3,(H,25,28)/t16-,17+/m1/s1. The zero-order valence-corrected chi connectivity index (χ0v) is 17.0. The normalized spacial score (nSPS) is 19.0. The van der Waals surface area contributed by atoms with Crippen molar-refractivity contribution < 1.29 is 9.18 Å². The number of hydrogen-bond acceptors (Lipinski definition) is 6. The van der Waals surface area contributed by atoms with Crippen LogP contribution in [0.4, 0.5) is 15.8 Å². The van der Waals surface area contributed by atoms with Crippen molar-refractivity contribution in [3.05, 3.63) is 53.0 Å². The molecule has 2 aromatic heterocycles. The first-order valence-corrected chi connectivity index (χ1v) is 10.4. The van der Waals surface area contributed by atoms with Crippen LogP contribution in [0.2, 0.25) is 0 Å². The quantitative estimate of drug-likeness (QED) is 0.579. The fraction of sp³-hybridized carbons (Fsp3) is 0.333. The van der Waals surface area contributed by atoms with E-state index in [0.29, 0.717) is 36.6 Å². The van der Waals surface area contributed by atoms with E-state index >= 15 is 0 Å². The summed E-state index contributed by atoms with van der Waals surface area (Å²) in [5, 5.41) is 6.77. The number of nitrogens with two attached hydrogens (primary N) is 1. The molecule has 2 atom stereocenters. The Morgan fingerprint density at radius 3 is 2.79 bits per heavy atom. The van der Waals surface area contributed by atoms with Crippen LogP contribution in [0.3, 0.4) is 0 Å². The van der Waals surface area contributed by atoms with Gasteiger partial charge in [-0.3, -0.25) is 4.79 Å². The maximum atomic E-state index is 13.9. The number of nitrogen functional groups attached to an aromatic ring is 1. The first kappa shape index (κ1) is 19.6. The van der Waals surface area contributed by atoms with Gasteiger partial charge in [-0.25, -0.2) is 9.37 Å². The topological polar surface area (TPSA) is 83.3 Å². The van der Waals surface area contributed by atoms with Crippen molar-refractivity contribution >= 4 is 38.8 Å². The number of likely N-dealkylation sites (N-methyl/N-ethyl adjacent to an activating group) is 1. The molecule has 3 aromatic rings. The van der Waals surface area contributed by atoms with Crippen LogP contribution in [0.5, 0.6) is 0 Å². The minimum Gasteiger partial charge on any atom is -0.397 e. The van der Waals surface area contributed by atoms with Gasteiger partial charge in [0, 0.05) is 30.4 Å². The van der Waals surface area contributed by atoms with Crippen LogP contribution in [0.1, 0.15) is 15.2 Å². The minimum absolute atomic E-state index is 0.124. The third-order valence-electron chi connectivity index (χ3n) is 5.33. The second-order valence-electron chi connectivity index (χ2n) is 7.19. The van der Waals surface area contributed by atoms with Gasteiger partial charge in [-0.05, 0) is 43.3 Å². The SMILES string of the molecule is CN[C@H]1CN(c2ccc(CCNC(=O)c3sc4ncccc4c3N)cc2)C[C@H]1F. The number of fused-ring (bicyclic) bond motifs is 1. The molecule has 1 aliphatic rings. The summed E-state index contributed by atoms with van der Waals surface area (Å²) in [6.07, 6.45) is 1.55. The molecule has 0 bridgehead atoms. The predicted molar refractivity (Wildman–Crippen MR) is 116 cm³/mol. The highest BCUT2D eigenvalue weighted by atomic mass is 32.1. The molecular formula is C21H24FN5OS. The molecule has 8 heteroatoms. The number of anilines is 2. The Labute approximate surface area is 172 Å². The second-order valence-corrected chi connectivity index (χ2v) is 8.19. The Morgan fingerprint density at radius 1 is 1.31 bits per heavy atom. The van der Waals surface area contributed by atoms with Gasteiger partial charge in [0.05, 0.1) is 18.3 Å². The summed E-state index contributed by atoms with van der Waals surface area (Å²) in [5.41, 5.74) is 8.71. The molecular weight excluding hydrogens is 389 g/mol. The number of carbonyl (C=O) groups is 1. The van der Waals surface area contributed by atoms with Crippen LogP contribution < -0.4 is 21.3 Å². The molecule has 1 amide bonds. The van der Waals surface area contributed by atoms with Crippen LogP contribution in [-0.2, 0) is 6.42 Å². The number of halogens is 1. The molecule has 0 aliphatic carbocycles. The van der Waals surface area contributed by atoms with Gasteiger partial charge in [0.15, 0.2) is 0 Å². The highest BCUT2D eigenvalue weighted by Gasteiger charge is 2.31. The molecule has 0 unspecified atom stereocenters. The van der Waals surface area contributed by atoms with Crippen molar-refractivity contribution in [1.82, 2.24) is 15.6 Å². The molecule has 0 radical (unpaired) electrons. The first-order valence-electron chi connectivity index (χ1n) is 9.63. The van der Waals surface area contributed by atoms with Gasteiger partial charge >= 0.3 is 0 Å². The van der Waals surface area contributed by atoms with Gasteiger partial charge in [-0.15, -0.1) is 11.3 Å². The molecule has 29 heavy (non-hydrogen) atoms. The van der Waals surface area contributed by atoms with Crippen molar-refractivity contribution in [1.29, 1.82) is 0 Å². The molecule has 6 nitrogen and oxygen atoms in total. The van der Waals surface area contributed by atoms with Crippen LogP contribution in [0.15, 0.2) is 42.6 Å². The lowest BCUT2D eigenvalue weighted by molar-refractivity contribution is 0.0959. The summed E-state index contributed by atoms with van der Waals surface area (Å²) in [4.78, 5) is 20.1. The van der Waals surface area contributed by atoms with E-state index < -0.39 is 6.17 Å². The summed E-state index contributed by atoms with van der Waals surface area (Å²) in [5.74, 6) is -0.175. The maximum absolute atomic E-state index is 13.9. The van der Waals surface area contributed by atoms with Crippen molar-refractivity contribution in [2.45, 2.75) is 18.6 Å². The summed E-state index contributed by atoms with van der Waals surface area (Å²) in [6.45, 7) is 1.59. The van der Waals surface area contributed by atoms with E-state index in [4.69, 9.17) is 5.73 Å². The van der Waals surface area contributed by atoms with Gasteiger partial charge in [0.2, 0.25) is 0 Å². The van der Waals surface area contributed by atoms with E-state index in [-0.39, 0.29) is 11.9 Å². The number of amides is 1. The lowest BCUT2D eigenvalue weighted by Crippen LogP contribution is -2.34. The molecule has 4 rings (SSSR count). The predicted octanol–water partition coefficient (Wildman–Crippen LogP) is 2.60. The number of hydrogen-bond donors (Lipinski definition) is 3. The first-order chi connectivity index (χ1) is 14.1. The lowest BCUT2D eigenvalue weighted by atomic mass is 10.1. The van der Waals surface area contributed by atoms with Crippen LogP contribution in [0, 0.1) is 0 Å². The number of benzene rings is 1. The smallest absolute Gasteiger partial charge is 0.263 e. The van der Waals surface area contributed by atoms with Gasteiger partial charge in [0.25, 0.3) is 5.91 Å². The lowest BCUT2D eigenvalue weighted by Gasteiger charge is -2.18. The van der Waals surface area contributed by atoms with Gasteiger partial charge < -0.3 is 21.3 Å². The van der Waals surface area contributed by atoms with Crippen molar-refractivity contribution in [2.75, 3.05) is 37.3 Å². The average molecular weight is 414 g/mol. The maximum Gasteiger partial charge on any atom is 0.263 e. The van der Waals surface area contributed by atoms with Crippen LogP contribution in [-0.4, -0.2) is 49.8 Å². The van der Waals surface area contributed by atoms with E-state index in [0.717, 1.165) is 21.5 Å². The number of alkyl halides is 1. The number of rotatable bonds is 6. The zero-order valence-electron chi connectivity index (χ0n) is 16.2. The number of aromatic nitrogens is 1. The minimum atomic E-state index is -0.855. The molecule has 152 valence electrons. The average Bonchev–Trinajstić information content (AvgIpc) is 3.28. The van der Waals surface area contributed by atoms with E-state index in [9.17, 15) is 9.18 Å². The molecule has 1 aliphatic heterocycles. The molecule has 0 saturated carbocycles. The van der Waals surface area contributed by atoms with Gasteiger partial charge in [0.1, 0.15) is 15.9 Å². The Balaban J connectivity index is 1.32. The summed E-state index contributed by atoms with van der Waals surface area (Å²) < 4.78 is 13.9. The molecule has 1 saturated heterocycles. The molecule has 1 fully saturated rings. The number of nitrogens with zero attached hydrogens (tertiary/aromatic N) is 2. The molecule has 3 heterocycles. The van der Waals surface area contributed by atoms with Crippen LogP contribution >= 0.6 is 11.3 Å². The van der Waals surface area contributed by atoms with Crippen molar-refractivity contribution in [2.24, 2.45) is 0 Å². The zero-order chi connectivity index (χ0) is 20.4. The monoisotopic (exact) mass is 413 g/mol. The Kier molecular flexibility index (Phi) is 5.64. The highest BCUT2D eigenvalue weighted by Crippen LogP contribution is 2.31. The number of pyridine rings is 1. The Morgan fingerprint density at radius 2 is 2.10 bits per heavy atom. The summed E-state index contributed by atoms with van der Waals surface area (Å²) >= 11 is 1.31. The van der Waals surface area contributed by atoms with E-state index in [1.165, 1.54) is 11.3 Å². The molecule has 4 N–H and O–H groups in total. The number of nitrogens with one attached hydrogen (secondary N) is 2. The highest BCUT2D eigenvalue weighted by molar-refractivity contribution is 7.21. The van der Waals surface area contributed by atoms with E-state index in [1.807, 2.05) is 36.4 Å². The van der Waals surface area contributed by atoms with Crippen molar-refractivity contribution in [3.63, 3.8) is 0 Å². The fourth-order valence-corrected chi connectivity index (χ4v) is 4.62. The van der Waals surface area contributed by atoms with E-state index in [1.54, 1.807) is 13.2 Å². The number of carbonyl (C=O) groups excluding carboxylic acids is 1. The third-order valence-corrected chi connectivity index (χ3v) is 6.46. The van der Waals surface area contributed by atoms with Gasteiger partial charge in [-0.1, -0.05) is 12.1 Å². The van der Waals surface area contributed by atoms with Crippen LogP contribution in [0.25, 0.3) is 10.2 Å². The number of thiophene rings is 1. The Bertz CT molecular complexity index is 1010. The third kappa shape index (κ3) is 4.04. The molecule has 1 aromatic carbocycles. The molecule has 0 spiro atoms. The summed E-state index contributed by atoms with van der Waals surface area (Å²) in [6, 6.07) is 11.6. The van der Waals surface area contributed by atoms with Gasteiger partial charge in [-0.2, -0.15) is 0 Å².